The van der Waals surface area contributed by atoms with Gasteiger partial charge in [0.05, 0.1) is 28.6 Å². The van der Waals surface area contributed by atoms with Gasteiger partial charge in [-0.05, 0) is 98.9 Å². The lowest BCUT2D eigenvalue weighted by atomic mass is 9.49. The summed E-state index contributed by atoms with van der Waals surface area (Å²) >= 11 is 18.8. The van der Waals surface area contributed by atoms with Crippen molar-refractivity contribution in [2.24, 2.45) is 23.2 Å². The maximum atomic E-state index is 12.9. The second-order valence-electron chi connectivity index (χ2n) is 11.4. The topological polar surface area (TPSA) is 59.0 Å². The third-order valence-corrected chi connectivity index (χ3v) is 9.47. The van der Waals surface area contributed by atoms with Crippen LogP contribution in [0.25, 0.3) is 16.9 Å². The Labute approximate surface area is 232 Å². The van der Waals surface area contributed by atoms with Crippen LogP contribution in [0, 0.1) is 30.1 Å². The zero-order chi connectivity index (χ0) is 25.7. The Morgan fingerprint density at radius 2 is 1.57 bits per heavy atom. The molecule has 3 aromatic rings. The number of benzene rings is 2. The van der Waals surface area contributed by atoms with Crippen LogP contribution in [0.2, 0.25) is 15.1 Å². The van der Waals surface area contributed by atoms with Crippen molar-refractivity contribution in [3.05, 3.63) is 68.8 Å². The fourth-order valence-electron chi connectivity index (χ4n) is 7.48. The van der Waals surface area contributed by atoms with E-state index in [1.165, 1.54) is 38.5 Å². The summed E-state index contributed by atoms with van der Waals surface area (Å²) in [5.74, 6) is 2.61. The summed E-state index contributed by atoms with van der Waals surface area (Å²) in [4.78, 5) is 12.9. The van der Waals surface area contributed by atoms with Crippen LogP contribution in [0.3, 0.4) is 0 Å². The van der Waals surface area contributed by atoms with Gasteiger partial charge in [0, 0.05) is 27.7 Å². The number of urea groups is 1. The minimum absolute atomic E-state index is 0.137. The van der Waals surface area contributed by atoms with Crippen LogP contribution in [0.1, 0.15) is 49.8 Å². The third kappa shape index (κ3) is 4.98. The Bertz CT molecular complexity index is 1300. The van der Waals surface area contributed by atoms with E-state index in [0.29, 0.717) is 27.0 Å². The lowest BCUT2D eigenvalue weighted by Crippen LogP contribution is -2.52. The molecule has 2 N–H and O–H groups in total. The molecular weight excluding hydrogens is 527 g/mol. The first-order valence-electron chi connectivity index (χ1n) is 13.1. The number of carbonyl (C=O) groups excluding carboxylic acids is 1. The molecule has 2 amide bonds. The number of hydrogen-bond donors (Lipinski definition) is 2. The van der Waals surface area contributed by atoms with Crippen molar-refractivity contribution in [2.45, 2.75) is 52.0 Å². The predicted octanol–water partition coefficient (Wildman–Crippen LogP) is 7.82. The normalized spacial score (nSPS) is 25.9. The molecule has 1 heterocycles. The predicted molar refractivity (Wildman–Crippen MR) is 150 cm³/mol. The van der Waals surface area contributed by atoms with Crippen LogP contribution in [-0.4, -0.2) is 22.4 Å². The highest BCUT2D eigenvalue weighted by atomic mass is 35.5. The van der Waals surface area contributed by atoms with Gasteiger partial charge in [0.25, 0.3) is 0 Å². The standard InChI is InChI=1S/C29H31Cl3N4O/c1-17-25(15-33-28(37)34-16-29-12-18-8-19(13-29)10-20(9-18)14-29)35-36(26-7-6-23(31)11-24(26)32)27(17)21-2-4-22(30)5-3-21/h2-7,11,18-20H,8-10,12-16H2,1H3,(H2,33,34,37). The highest BCUT2D eigenvalue weighted by Crippen LogP contribution is 2.59. The molecule has 194 valence electrons. The Morgan fingerprint density at radius 3 is 2.19 bits per heavy atom. The first-order valence-corrected chi connectivity index (χ1v) is 14.2. The van der Waals surface area contributed by atoms with Gasteiger partial charge < -0.3 is 10.6 Å². The first kappa shape index (κ1) is 25.1. The number of hydrogen-bond acceptors (Lipinski definition) is 2. The molecule has 4 saturated carbocycles. The summed E-state index contributed by atoms with van der Waals surface area (Å²) in [6.07, 6.45) is 8.03. The molecule has 4 aliphatic carbocycles. The molecule has 5 nitrogen and oxygen atoms in total. The molecule has 37 heavy (non-hydrogen) atoms. The lowest BCUT2D eigenvalue weighted by Gasteiger charge is -2.56. The number of nitrogens with zero attached hydrogens (tertiary/aromatic N) is 2. The number of carbonyl (C=O) groups is 1. The molecule has 8 heteroatoms. The minimum Gasteiger partial charge on any atom is -0.338 e. The van der Waals surface area contributed by atoms with Gasteiger partial charge in [0.15, 0.2) is 0 Å². The van der Waals surface area contributed by atoms with Crippen molar-refractivity contribution in [1.29, 1.82) is 0 Å². The number of amides is 2. The fourth-order valence-corrected chi connectivity index (χ4v) is 8.10. The SMILES string of the molecule is Cc1c(CNC(=O)NCC23CC4CC(CC(C4)C2)C3)nn(-c2ccc(Cl)cc2Cl)c1-c1ccc(Cl)cc1. The zero-order valence-electron chi connectivity index (χ0n) is 20.9. The van der Waals surface area contributed by atoms with Crippen LogP contribution < -0.4 is 10.6 Å². The van der Waals surface area contributed by atoms with Crippen LogP contribution in [0.5, 0.6) is 0 Å². The smallest absolute Gasteiger partial charge is 0.315 e. The van der Waals surface area contributed by atoms with E-state index in [0.717, 1.165) is 52.5 Å². The summed E-state index contributed by atoms with van der Waals surface area (Å²) in [5.41, 5.74) is 4.62. The second kappa shape index (κ2) is 9.83. The maximum Gasteiger partial charge on any atom is 0.315 e. The van der Waals surface area contributed by atoms with Gasteiger partial charge in [-0.15, -0.1) is 0 Å². The largest absolute Gasteiger partial charge is 0.338 e. The van der Waals surface area contributed by atoms with Gasteiger partial charge in [-0.2, -0.15) is 5.10 Å². The van der Waals surface area contributed by atoms with E-state index in [4.69, 9.17) is 39.9 Å². The Hall–Kier alpha value is -2.21. The Balaban J connectivity index is 1.20. The highest BCUT2D eigenvalue weighted by Gasteiger charge is 2.50. The number of aromatic nitrogens is 2. The Kier molecular flexibility index (Phi) is 6.67. The number of rotatable bonds is 6. The van der Waals surface area contributed by atoms with Crippen molar-refractivity contribution in [2.75, 3.05) is 6.54 Å². The molecule has 0 spiro atoms. The molecule has 0 radical (unpaired) electrons. The van der Waals surface area contributed by atoms with Crippen LogP contribution >= 0.6 is 34.8 Å². The Morgan fingerprint density at radius 1 is 0.946 bits per heavy atom. The number of nitrogens with one attached hydrogen (secondary N) is 2. The molecule has 0 unspecified atom stereocenters. The van der Waals surface area contributed by atoms with Gasteiger partial charge in [0.2, 0.25) is 0 Å². The van der Waals surface area contributed by atoms with E-state index in [-0.39, 0.29) is 6.03 Å². The van der Waals surface area contributed by atoms with E-state index in [2.05, 4.69) is 10.6 Å². The fraction of sp³-hybridized carbons (Fsp3) is 0.448. The first-order chi connectivity index (χ1) is 17.8. The molecule has 4 bridgehead atoms. The van der Waals surface area contributed by atoms with Crippen molar-refractivity contribution < 1.29 is 4.79 Å². The van der Waals surface area contributed by atoms with E-state index >= 15 is 0 Å². The second-order valence-corrected chi connectivity index (χ2v) is 12.7. The van der Waals surface area contributed by atoms with E-state index < -0.39 is 0 Å². The molecule has 4 fully saturated rings. The van der Waals surface area contributed by atoms with Gasteiger partial charge in [-0.25, -0.2) is 9.48 Å². The highest BCUT2D eigenvalue weighted by molar-refractivity contribution is 6.35. The van der Waals surface area contributed by atoms with E-state index in [9.17, 15) is 4.79 Å². The minimum atomic E-state index is -0.137. The van der Waals surface area contributed by atoms with Gasteiger partial charge in [-0.1, -0.05) is 46.9 Å². The van der Waals surface area contributed by atoms with Crippen molar-refractivity contribution >= 4 is 40.8 Å². The summed E-state index contributed by atoms with van der Waals surface area (Å²) in [5, 5.41) is 12.8. The quantitative estimate of drug-likeness (QED) is 0.324. The molecular formula is C29H31Cl3N4O. The van der Waals surface area contributed by atoms with Gasteiger partial charge in [-0.3, -0.25) is 0 Å². The summed E-state index contributed by atoms with van der Waals surface area (Å²) in [6, 6.07) is 12.8. The van der Waals surface area contributed by atoms with Gasteiger partial charge in [0.1, 0.15) is 0 Å². The maximum absolute atomic E-state index is 12.9. The molecule has 7 rings (SSSR count). The molecule has 4 aliphatic rings. The van der Waals surface area contributed by atoms with Crippen LogP contribution in [0.15, 0.2) is 42.5 Å². The monoisotopic (exact) mass is 556 g/mol. The summed E-state index contributed by atoms with van der Waals surface area (Å²) < 4.78 is 1.82. The average Bonchev–Trinajstić information content (AvgIpc) is 3.17. The van der Waals surface area contributed by atoms with Crippen LogP contribution in [0.4, 0.5) is 4.79 Å². The van der Waals surface area contributed by atoms with Crippen molar-refractivity contribution in [1.82, 2.24) is 20.4 Å². The molecule has 1 aromatic heterocycles. The molecule has 0 atom stereocenters. The van der Waals surface area contributed by atoms with Crippen LogP contribution in [-0.2, 0) is 6.54 Å². The summed E-state index contributed by atoms with van der Waals surface area (Å²) in [7, 11) is 0. The molecule has 2 aromatic carbocycles. The van der Waals surface area contributed by atoms with E-state index in [1.807, 2.05) is 41.9 Å². The van der Waals surface area contributed by atoms with Gasteiger partial charge >= 0.3 is 6.03 Å². The average molecular weight is 558 g/mol. The van der Waals surface area contributed by atoms with Crippen molar-refractivity contribution in [3.63, 3.8) is 0 Å². The zero-order valence-corrected chi connectivity index (χ0v) is 23.1. The number of halogens is 3. The third-order valence-electron chi connectivity index (χ3n) is 8.68. The van der Waals surface area contributed by atoms with E-state index in [1.54, 1.807) is 12.1 Å². The molecule has 0 saturated heterocycles. The lowest BCUT2D eigenvalue weighted by molar-refractivity contribution is -0.0498. The van der Waals surface area contributed by atoms with Crippen molar-refractivity contribution in [3.8, 4) is 16.9 Å². The molecule has 0 aliphatic heterocycles. The summed E-state index contributed by atoms with van der Waals surface area (Å²) in [6.45, 7) is 3.10.